The second kappa shape index (κ2) is 9.53. The van der Waals surface area contributed by atoms with Gasteiger partial charge in [-0.3, -0.25) is 19.7 Å². The maximum atomic E-state index is 12.7. The molecule has 0 unspecified atom stereocenters. The van der Waals surface area contributed by atoms with Crippen LogP contribution in [0.15, 0.2) is 76.8 Å². The number of nitro groups is 1. The third kappa shape index (κ3) is 5.33. The van der Waals surface area contributed by atoms with Gasteiger partial charge in [0.1, 0.15) is 16.4 Å². The molecule has 0 aliphatic heterocycles. The number of carbonyl (C=O) groups excluding carboxylic acids is 2. The van der Waals surface area contributed by atoms with Crippen LogP contribution >= 0.6 is 11.6 Å². The highest BCUT2D eigenvalue weighted by Gasteiger charge is 2.17. The summed E-state index contributed by atoms with van der Waals surface area (Å²) in [5.41, 5.74) is 0.891. The van der Waals surface area contributed by atoms with Gasteiger partial charge in [0.05, 0.1) is 6.07 Å². The average Bonchev–Trinajstić information content (AvgIpc) is 3.22. The van der Waals surface area contributed by atoms with Crippen LogP contribution in [0.4, 0.5) is 5.88 Å². The number of hydrogen-bond acceptors (Lipinski definition) is 5. The lowest BCUT2D eigenvalue weighted by atomic mass is 10.2. The highest BCUT2D eigenvalue weighted by Crippen LogP contribution is 2.18. The molecule has 3 aromatic rings. The number of nitrogens with one attached hydrogen (secondary N) is 2. The van der Waals surface area contributed by atoms with Crippen LogP contribution in [0.25, 0.3) is 6.08 Å². The summed E-state index contributed by atoms with van der Waals surface area (Å²) in [4.78, 5) is 35.3. The molecule has 0 aliphatic carbocycles. The Morgan fingerprint density at radius 1 is 1.03 bits per heavy atom. The summed E-state index contributed by atoms with van der Waals surface area (Å²) in [6.07, 6.45) is 1.22. The van der Waals surface area contributed by atoms with Gasteiger partial charge in [-0.1, -0.05) is 48.0 Å². The van der Waals surface area contributed by atoms with E-state index in [4.69, 9.17) is 16.0 Å². The van der Waals surface area contributed by atoms with E-state index in [1.165, 1.54) is 12.1 Å². The summed E-state index contributed by atoms with van der Waals surface area (Å²) in [6.45, 7) is 0.120. The van der Waals surface area contributed by atoms with Crippen molar-refractivity contribution >= 4 is 35.4 Å². The largest absolute Gasteiger partial charge is 0.433 e. The lowest BCUT2D eigenvalue weighted by Gasteiger charge is -2.11. The summed E-state index contributed by atoms with van der Waals surface area (Å²) in [7, 11) is 0. The molecule has 2 amide bonds. The van der Waals surface area contributed by atoms with E-state index >= 15 is 0 Å². The van der Waals surface area contributed by atoms with Crippen molar-refractivity contribution in [3.8, 4) is 0 Å². The second-order valence-electron chi connectivity index (χ2n) is 6.09. The van der Waals surface area contributed by atoms with Crippen molar-refractivity contribution in [3.05, 3.63) is 104 Å². The van der Waals surface area contributed by atoms with Gasteiger partial charge in [-0.2, -0.15) is 0 Å². The van der Waals surface area contributed by atoms with Gasteiger partial charge in [-0.25, -0.2) is 0 Å². The number of rotatable bonds is 7. The van der Waals surface area contributed by atoms with Crippen LogP contribution in [0.1, 0.15) is 21.7 Å². The Bertz CT molecular complexity index is 1110. The van der Waals surface area contributed by atoms with Crippen LogP contribution in [-0.4, -0.2) is 16.7 Å². The molecular weight excluding hydrogens is 410 g/mol. The number of hydrogen-bond donors (Lipinski definition) is 2. The van der Waals surface area contributed by atoms with Gasteiger partial charge in [0.2, 0.25) is 0 Å². The predicted molar refractivity (Wildman–Crippen MR) is 111 cm³/mol. The zero-order chi connectivity index (χ0) is 21.5. The van der Waals surface area contributed by atoms with Crippen LogP contribution in [0.3, 0.4) is 0 Å². The molecule has 0 fully saturated rings. The van der Waals surface area contributed by atoms with E-state index in [2.05, 4.69) is 10.6 Å². The first-order chi connectivity index (χ1) is 14.4. The summed E-state index contributed by atoms with van der Waals surface area (Å²) in [5, 5.41) is 16.5. The quantitative estimate of drug-likeness (QED) is 0.338. The van der Waals surface area contributed by atoms with Crippen LogP contribution in [0.2, 0.25) is 5.02 Å². The molecule has 8 nitrogen and oxygen atoms in total. The first kappa shape index (κ1) is 20.8. The van der Waals surface area contributed by atoms with Crippen molar-refractivity contribution in [2.45, 2.75) is 6.54 Å². The summed E-state index contributed by atoms with van der Waals surface area (Å²) < 4.78 is 5.07. The SMILES string of the molecule is O=C(NCc1ccccc1Cl)C(=Cc1ccc([N+](=O)[O-])o1)NC(=O)c1ccccc1. The molecule has 0 radical (unpaired) electrons. The minimum Gasteiger partial charge on any atom is -0.401 e. The number of halogens is 1. The number of benzene rings is 2. The van der Waals surface area contributed by atoms with Gasteiger partial charge in [-0.15, -0.1) is 0 Å². The number of carbonyl (C=O) groups is 2. The maximum absolute atomic E-state index is 12.7. The molecule has 152 valence electrons. The molecule has 1 heterocycles. The van der Waals surface area contributed by atoms with Crippen molar-refractivity contribution in [1.29, 1.82) is 0 Å². The summed E-state index contributed by atoms with van der Waals surface area (Å²) in [6, 6.07) is 17.8. The zero-order valence-electron chi connectivity index (χ0n) is 15.5. The fraction of sp³-hybridized carbons (Fsp3) is 0.0476. The molecule has 0 saturated carbocycles. The second-order valence-corrected chi connectivity index (χ2v) is 6.49. The predicted octanol–water partition coefficient (Wildman–Crippen LogP) is 3.93. The Balaban J connectivity index is 1.83. The Morgan fingerprint density at radius 3 is 2.40 bits per heavy atom. The van der Waals surface area contributed by atoms with E-state index in [1.807, 2.05) is 0 Å². The van der Waals surface area contributed by atoms with Crippen molar-refractivity contribution in [3.63, 3.8) is 0 Å². The number of amides is 2. The number of furan rings is 1. The van der Waals surface area contributed by atoms with Gasteiger partial charge in [0.15, 0.2) is 0 Å². The first-order valence-electron chi connectivity index (χ1n) is 8.78. The molecule has 0 spiro atoms. The molecule has 2 N–H and O–H groups in total. The Hall–Kier alpha value is -3.91. The Kier molecular flexibility index (Phi) is 6.61. The molecular formula is C21H16ClN3O5. The first-order valence-corrected chi connectivity index (χ1v) is 9.16. The third-order valence-electron chi connectivity index (χ3n) is 4.01. The van der Waals surface area contributed by atoms with Crippen molar-refractivity contribution < 1.29 is 18.9 Å². The molecule has 0 bridgehead atoms. The number of nitrogens with zero attached hydrogens (tertiary/aromatic N) is 1. The van der Waals surface area contributed by atoms with Crippen molar-refractivity contribution in [1.82, 2.24) is 10.6 Å². The zero-order valence-corrected chi connectivity index (χ0v) is 16.3. The van der Waals surface area contributed by atoms with Crippen LogP contribution in [0, 0.1) is 10.1 Å². The summed E-state index contributed by atoms with van der Waals surface area (Å²) in [5.74, 6) is -1.57. The van der Waals surface area contributed by atoms with Gasteiger partial charge >= 0.3 is 5.88 Å². The van der Waals surface area contributed by atoms with E-state index in [9.17, 15) is 19.7 Å². The van der Waals surface area contributed by atoms with E-state index in [0.717, 1.165) is 6.07 Å². The molecule has 2 aromatic carbocycles. The fourth-order valence-electron chi connectivity index (χ4n) is 2.52. The molecule has 0 aliphatic rings. The minimum atomic E-state index is -0.697. The lowest BCUT2D eigenvalue weighted by molar-refractivity contribution is -0.402. The molecule has 0 saturated heterocycles. The molecule has 9 heteroatoms. The van der Waals surface area contributed by atoms with E-state index < -0.39 is 22.6 Å². The smallest absolute Gasteiger partial charge is 0.401 e. The Labute approximate surface area is 176 Å². The highest BCUT2D eigenvalue weighted by molar-refractivity contribution is 6.31. The lowest BCUT2D eigenvalue weighted by Crippen LogP contribution is -2.34. The molecule has 3 rings (SSSR count). The molecule has 30 heavy (non-hydrogen) atoms. The average molecular weight is 426 g/mol. The van der Waals surface area contributed by atoms with Gasteiger partial charge < -0.3 is 15.1 Å². The van der Waals surface area contributed by atoms with Crippen LogP contribution in [0.5, 0.6) is 0 Å². The van der Waals surface area contributed by atoms with Crippen LogP contribution < -0.4 is 10.6 Å². The van der Waals surface area contributed by atoms with Gasteiger partial charge in [-0.05, 0) is 29.8 Å². The van der Waals surface area contributed by atoms with Crippen molar-refractivity contribution in [2.75, 3.05) is 0 Å². The van der Waals surface area contributed by atoms with E-state index in [0.29, 0.717) is 16.1 Å². The van der Waals surface area contributed by atoms with E-state index in [-0.39, 0.29) is 18.0 Å². The molecule has 1 aromatic heterocycles. The fourth-order valence-corrected chi connectivity index (χ4v) is 2.72. The standard InChI is InChI=1S/C21H16ClN3O5/c22-17-9-5-4-8-15(17)13-23-21(27)18(12-16-10-11-19(30-16)25(28)29)24-20(26)14-6-2-1-3-7-14/h1-12H,13H2,(H,23,27)(H,24,26). The minimum absolute atomic E-state index is 0.0398. The maximum Gasteiger partial charge on any atom is 0.433 e. The molecule has 0 atom stereocenters. The van der Waals surface area contributed by atoms with Gasteiger partial charge in [0.25, 0.3) is 11.8 Å². The topological polar surface area (TPSA) is 114 Å². The third-order valence-corrected chi connectivity index (χ3v) is 4.37. The van der Waals surface area contributed by atoms with E-state index in [1.54, 1.807) is 54.6 Å². The van der Waals surface area contributed by atoms with Crippen molar-refractivity contribution in [2.24, 2.45) is 0 Å². The Morgan fingerprint density at radius 2 is 1.73 bits per heavy atom. The monoisotopic (exact) mass is 425 g/mol. The normalized spacial score (nSPS) is 11.0. The van der Waals surface area contributed by atoms with Gasteiger partial charge in [0, 0.05) is 23.2 Å². The summed E-state index contributed by atoms with van der Waals surface area (Å²) >= 11 is 6.10. The van der Waals surface area contributed by atoms with Crippen LogP contribution in [-0.2, 0) is 11.3 Å². The highest BCUT2D eigenvalue weighted by atomic mass is 35.5.